The van der Waals surface area contributed by atoms with Crippen LogP contribution >= 0.6 is 23.4 Å². The topological polar surface area (TPSA) is 55.1 Å². The molecule has 0 aliphatic heterocycles. The number of hydrogen-bond donors (Lipinski definition) is 1. The Bertz CT molecular complexity index is 613. The second-order valence-corrected chi connectivity index (χ2v) is 5.67. The van der Waals surface area contributed by atoms with Crippen LogP contribution in [-0.2, 0) is 11.2 Å². The van der Waals surface area contributed by atoms with Gasteiger partial charge in [0.25, 0.3) is 0 Å². The van der Waals surface area contributed by atoms with Crippen molar-refractivity contribution in [3.05, 3.63) is 41.0 Å². The summed E-state index contributed by atoms with van der Waals surface area (Å²) in [4.78, 5) is 10.7. The summed E-state index contributed by atoms with van der Waals surface area (Å²) >= 11 is 7.44. The second-order valence-electron chi connectivity index (χ2n) is 4.27. The highest BCUT2D eigenvalue weighted by atomic mass is 35.5. The molecule has 0 aliphatic rings. The quantitative estimate of drug-likeness (QED) is 0.827. The molecule has 4 nitrogen and oxygen atoms in total. The Morgan fingerprint density at radius 1 is 1.45 bits per heavy atom. The fourth-order valence-corrected chi connectivity index (χ4v) is 2.79. The minimum Gasteiger partial charge on any atom is -0.481 e. The van der Waals surface area contributed by atoms with Crippen molar-refractivity contribution in [3.63, 3.8) is 0 Å². The predicted octanol–water partition coefficient (Wildman–Crippen LogP) is 3.65. The fourth-order valence-electron chi connectivity index (χ4n) is 1.82. The van der Waals surface area contributed by atoms with E-state index in [0.29, 0.717) is 5.02 Å². The summed E-state index contributed by atoms with van der Waals surface area (Å²) < 4.78 is 1.72. The lowest BCUT2D eigenvalue weighted by Gasteiger charge is -2.07. The summed E-state index contributed by atoms with van der Waals surface area (Å²) in [7, 11) is 0. The zero-order valence-corrected chi connectivity index (χ0v) is 12.6. The van der Waals surface area contributed by atoms with Crippen LogP contribution in [0.15, 0.2) is 35.4 Å². The maximum absolute atomic E-state index is 10.7. The molecule has 20 heavy (non-hydrogen) atoms. The summed E-state index contributed by atoms with van der Waals surface area (Å²) in [6, 6.07) is 9.33. The van der Waals surface area contributed by atoms with Crippen molar-refractivity contribution in [1.82, 2.24) is 9.78 Å². The Morgan fingerprint density at radius 2 is 2.20 bits per heavy atom. The van der Waals surface area contributed by atoms with E-state index in [1.807, 2.05) is 24.3 Å². The van der Waals surface area contributed by atoms with Crippen LogP contribution in [0, 0.1) is 0 Å². The Labute approximate surface area is 126 Å². The highest BCUT2D eigenvalue weighted by Crippen LogP contribution is 2.27. The van der Waals surface area contributed by atoms with Gasteiger partial charge in [-0.25, -0.2) is 4.68 Å². The highest BCUT2D eigenvalue weighted by molar-refractivity contribution is 7.99. The van der Waals surface area contributed by atoms with E-state index in [2.05, 4.69) is 12.0 Å². The van der Waals surface area contributed by atoms with Gasteiger partial charge in [-0.3, -0.25) is 4.79 Å². The first-order valence-corrected chi connectivity index (χ1v) is 7.66. The number of carboxylic acids is 1. The van der Waals surface area contributed by atoms with Gasteiger partial charge in [0.2, 0.25) is 0 Å². The molecule has 0 amide bonds. The highest BCUT2D eigenvalue weighted by Gasteiger charge is 2.13. The third-order valence-corrected chi connectivity index (χ3v) is 3.96. The second kappa shape index (κ2) is 6.81. The van der Waals surface area contributed by atoms with Gasteiger partial charge in [-0.2, -0.15) is 5.10 Å². The van der Waals surface area contributed by atoms with E-state index in [9.17, 15) is 4.79 Å². The molecule has 1 aromatic heterocycles. The van der Waals surface area contributed by atoms with Gasteiger partial charge >= 0.3 is 5.97 Å². The number of aliphatic carboxylic acids is 1. The van der Waals surface area contributed by atoms with Crippen LogP contribution in [0.5, 0.6) is 0 Å². The first-order chi connectivity index (χ1) is 9.61. The largest absolute Gasteiger partial charge is 0.481 e. The Hall–Kier alpha value is -1.46. The van der Waals surface area contributed by atoms with E-state index in [4.69, 9.17) is 16.7 Å². The van der Waals surface area contributed by atoms with E-state index in [-0.39, 0.29) is 5.75 Å². The van der Waals surface area contributed by atoms with Crippen LogP contribution < -0.4 is 0 Å². The molecular formula is C14H15ClN2O2S. The SMILES string of the molecule is CCCc1cc(SCC(=O)O)n(-c2ccccc2Cl)n1. The molecule has 1 heterocycles. The molecule has 0 radical (unpaired) electrons. The minimum absolute atomic E-state index is 0.00170. The number of halogens is 1. The van der Waals surface area contributed by atoms with Crippen LogP contribution in [0.2, 0.25) is 5.02 Å². The van der Waals surface area contributed by atoms with Gasteiger partial charge in [0.1, 0.15) is 5.03 Å². The molecule has 1 aromatic carbocycles. The Balaban J connectivity index is 2.39. The summed E-state index contributed by atoms with van der Waals surface area (Å²) in [6.07, 6.45) is 1.85. The zero-order valence-electron chi connectivity index (χ0n) is 11.0. The van der Waals surface area contributed by atoms with Crippen LogP contribution in [0.25, 0.3) is 5.69 Å². The number of carboxylic acid groups (broad SMARTS) is 1. The molecule has 2 rings (SSSR count). The third kappa shape index (κ3) is 3.55. The number of rotatable bonds is 6. The molecule has 0 fully saturated rings. The molecule has 0 bridgehead atoms. The number of thioether (sulfide) groups is 1. The van der Waals surface area contributed by atoms with Crippen molar-refractivity contribution < 1.29 is 9.90 Å². The lowest BCUT2D eigenvalue weighted by molar-refractivity contribution is -0.133. The summed E-state index contributed by atoms with van der Waals surface area (Å²) in [5.74, 6) is -0.846. The summed E-state index contributed by atoms with van der Waals surface area (Å²) in [5.41, 5.74) is 1.71. The van der Waals surface area contributed by atoms with Crippen molar-refractivity contribution in [1.29, 1.82) is 0 Å². The maximum atomic E-state index is 10.7. The van der Waals surface area contributed by atoms with Gasteiger partial charge in [-0.15, -0.1) is 0 Å². The van der Waals surface area contributed by atoms with E-state index < -0.39 is 5.97 Å². The van der Waals surface area contributed by atoms with Crippen LogP contribution in [0.1, 0.15) is 19.0 Å². The average Bonchev–Trinajstić information content (AvgIpc) is 2.80. The molecule has 0 spiro atoms. The standard InChI is InChI=1S/C14H15ClN2O2S/c1-2-5-10-8-13(20-9-14(18)19)17(16-10)12-7-4-3-6-11(12)15/h3-4,6-8H,2,5,9H2,1H3,(H,18,19). The first kappa shape index (κ1) is 14.9. The van der Waals surface area contributed by atoms with Gasteiger partial charge in [-0.1, -0.05) is 48.8 Å². The fraction of sp³-hybridized carbons (Fsp3) is 0.286. The van der Waals surface area contributed by atoms with Crippen LogP contribution in [0.3, 0.4) is 0 Å². The monoisotopic (exact) mass is 310 g/mol. The third-order valence-electron chi connectivity index (χ3n) is 2.66. The van der Waals surface area contributed by atoms with Crippen molar-refractivity contribution in [2.24, 2.45) is 0 Å². The molecule has 6 heteroatoms. The van der Waals surface area contributed by atoms with Crippen molar-refractivity contribution in [3.8, 4) is 5.69 Å². The average molecular weight is 311 g/mol. The number of nitrogens with zero attached hydrogens (tertiary/aromatic N) is 2. The van der Waals surface area contributed by atoms with Crippen molar-refractivity contribution >= 4 is 29.3 Å². The molecule has 106 valence electrons. The molecule has 2 aromatic rings. The van der Waals surface area contributed by atoms with Crippen molar-refractivity contribution in [2.45, 2.75) is 24.8 Å². The van der Waals surface area contributed by atoms with E-state index in [0.717, 1.165) is 29.2 Å². The van der Waals surface area contributed by atoms with E-state index in [1.165, 1.54) is 11.8 Å². The molecule has 0 saturated carbocycles. The lowest BCUT2D eigenvalue weighted by Crippen LogP contribution is -2.03. The van der Waals surface area contributed by atoms with Crippen LogP contribution in [0.4, 0.5) is 0 Å². The zero-order chi connectivity index (χ0) is 14.5. The van der Waals surface area contributed by atoms with Crippen LogP contribution in [-0.4, -0.2) is 26.6 Å². The molecule has 0 unspecified atom stereocenters. The molecule has 0 aliphatic carbocycles. The number of aryl methyl sites for hydroxylation is 1. The van der Waals surface area contributed by atoms with Gasteiger partial charge in [0.05, 0.1) is 22.2 Å². The normalized spacial score (nSPS) is 10.7. The number of hydrogen-bond acceptors (Lipinski definition) is 3. The molecule has 0 atom stereocenters. The molecule has 0 saturated heterocycles. The van der Waals surface area contributed by atoms with Gasteiger partial charge < -0.3 is 5.11 Å². The smallest absolute Gasteiger partial charge is 0.313 e. The number of carbonyl (C=O) groups is 1. The Morgan fingerprint density at radius 3 is 2.85 bits per heavy atom. The van der Waals surface area contributed by atoms with Gasteiger partial charge in [0.15, 0.2) is 0 Å². The number of aromatic nitrogens is 2. The maximum Gasteiger partial charge on any atom is 0.313 e. The van der Waals surface area contributed by atoms with Gasteiger partial charge in [-0.05, 0) is 24.6 Å². The number of benzene rings is 1. The number of para-hydroxylation sites is 1. The molecular weight excluding hydrogens is 296 g/mol. The first-order valence-electron chi connectivity index (χ1n) is 6.30. The van der Waals surface area contributed by atoms with E-state index in [1.54, 1.807) is 10.7 Å². The lowest BCUT2D eigenvalue weighted by atomic mass is 10.3. The molecule has 1 N–H and O–H groups in total. The minimum atomic E-state index is -0.848. The van der Waals surface area contributed by atoms with Crippen molar-refractivity contribution in [2.75, 3.05) is 5.75 Å². The van der Waals surface area contributed by atoms with Gasteiger partial charge in [0, 0.05) is 0 Å². The summed E-state index contributed by atoms with van der Waals surface area (Å²) in [6.45, 7) is 2.08. The predicted molar refractivity (Wildman–Crippen MR) is 80.9 cm³/mol. The van der Waals surface area contributed by atoms with E-state index >= 15 is 0 Å². The summed E-state index contributed by atoms with van der Waals surface area (Å²) in [5, 5.41) is 14.7. The Kier molecular flexibility index (Phi) is 5.09.